The summed E-state index contributed by atoms with van der Waals surface area (Å²) in [5.74, 6) is -3.75. The minimum absolute atomic E-state index is 0. The fraction of sp³-hybridized carbons (Fsp3) is 0.800. The number of rotatable bonds is 7. The summed E-state index contributed by atoms with van der Waals surface area (Å²) in [7, 11) is 0. The number of hydrogen-bond donors (Lipinski definition) is 2. The summed E-state index contributed by atoms with van der Waals surface area (Å²) < 4.78 is 0. The van der Waals surface area contributed by atoms with Gasteiger partial charge in [-0.15, -0.1) is 0 Å². The molecule has 1 aliphatic heterocycles. The van der Waals surface area contributed by atoms with E-state index in [0.717, 1.165) is 0 Å². The summed E-state index contributed by atoms with van der Waals surface area (Å²) in [4.78, 5) is 37.8. The van der Waals surface area contributed by atoms with Crippen molar-refractivity contribution in [2.24, 2.45) is 5.73 Å². The van der Waals surface area contributed by atoms with Gasteiger partial charge in [-0.1, -0.05) is 0 Å². The predicted molar refractivity (Wildman–Crippen MR) is 90.9 cm³/mol. The van der Waals surface area contributed by atoms with Gasteiger partial charge in [0.25, 0.3) is 0 Å². The van der Waals surface area contributed by atoms with Crippen LogP contribution in [0.2, 0.25) is 0 Å². The van der Waals surface area contributed by atoms with Crippen molar-refractivity contribution in [1.29, 1.82) is 0 Å². The van der Waals surface area contributed by atoms with Gasteiger partial charge < -0.3 is 40.8 Å². The average molecular weight is 483 g/mol. The SMILES string of the molecule is N[C@H](CN1CCN(CC(=O)[O-])CCNCCN(CC(=O)[O-])CC1)C(=O)[O-].[111In+3]. The maximum absolute atomic E-state index is 10.9. The largest absolute Gasteiger partial charge is 3.00 e. The second-order valence-electron chi connectivity index (χ2n) is 6.27. The monoisotopic (exact) mass is 483 g/mol. The van der Waals surface area contributed by atoms with E-state index in [4.69, 9.17) is 5.73 Å². The number of hydrogen-bond acceptors (Lipinski definition) is 11. The standard InChI is InChI=1S/C15H29N5O6.In/c16-12(15(25)26)9-20-7-5-18(10-13(21)22)3-1-17-2-4-19(6-8-20)11-14(23)24;/h12,17H,1-11,16H2,(H,21,22)(H,23,24)(H,25,26);/q;+3/p-3/t12-;/m1./s1/i;1-4. The van der Waals surface area contributed by atoms with Gasteiger partial charge in [0.15, 0.2) is 0 Å². The van der Waals surface area contributed by atoms with E-state index < -0.39 is 23.9 Å². The molecule has 0 amide bonds. The summed E-state index contributed by atoms with van der Waals surface area (Å²) in [5, 5.41) is 35.8. The molecule has 11 nitrogen and oxygen atoms in total. The third-order valence-electron chi connectivity index (χ3n) is 4.14. The van der Waals surface area contributed by atoms with Crippen molar-refractivity contribution >= 4 is 43.8 Å². The molecule has 3 N–H and O–H groups in total. The van der Waals surface area contributed by atoms with Gasteiger partial charge in [0, 0.05) is 72.0 Å². The van der Waals surface area contributed by atoms with Gasteiger partial charge in [0.05, 0.1) is 23.9 Å². The van der Waals surface area contributed by atoms with Gasteiger partial charge in [-0.05, 0) is 0 Å². The first-order chi connectivity index (χ1) is 12.3. The van der Waals surface area contributed by atoms with Gasteiger partial charge in [-0.2, -0.15) is 0 Å². The molecule has 0 aromatic heterocycles. The van der Waals surface area contributed by atoms with Crippen molar-refractivity contribution in [3.8, 4) is 0 Å². The van der Waals surface area contributed by atoms with E-state index in [1.165, 1.54) is 0 Å². The predicted octanol–water partition coefficient (Wildman–Crippen LogP) is -7.31. The molecule has 12 heteroatoms. The molecule has 150 valence electrons. The molecular weight excluding hydrogens is 457 g/mol. The van der Waals surface area contributed by atoms with Crippen LogP contribution in [0.5, 0.6) is 0 Å². The molecule has 1 fully saturated rings. The van der Waals surface area contributed by atoms with Gasteiger partial charge in [0.1, 0.15) is 0 Å². The molecule has 1 heterocycles. The summed E-state index contributed by atoms with van der Waals surface area (Å²) in [6.07, 6.45) is 0. The number of carbonyl (C=O) groups is 3. The Bertz CT molecular complexity index is 454. The number of aliphatic carboxylic acids is 3. The van der Waals surface area contributed by atoms with Crippen LogP contribution < -0.4 is 26.4 Å². The Labute approximate surface area is 177 Å². The zero-order valence-corrected chi connectivity index (χ0v) is 18.6. The van der Waals surface area contributed by atoms with E-state index in [9.17, 15) is 29.7 Å². The first-order valence-corrected chi connectivity index (χ1v) is 8.52. The number of carboxylic acid groups (broad SMARTS) is 3. The number of nitrogens with two attached hydrogens (primary N) is 1. The van der Waals surface area contributed by atoms with Crippen LogP contribution in [-0.4, -0.2) is 136 Å². The Balaban J connectivity index is 0.00000676. The third-order valence-corrected chi connectivity index (χ3v) is 4.14. The van der Waals surface area contributed by atoms with Crippen molar-refractivity contribution in [1.82, 2.24) is 20.0 Å². The minimum Gasteiger partial charge on any atom is -0.549 e. The molecule has 0 saturated carbocycles. The second kappa shape index (κ2) is 14.1. The first kappa shape index (κ1) is 26.1. The van der Waals surface area contributed by atoms with Gasteiger partial charge in [0.2, 0.25) is 0 Å². The topological polar surface area (TPSA) is 168 Å². The first-order valence-electron chi connectivity index (χ1n) is 8.52. The third kappa shape index (κ3) is 12.2. The molecule has 0 aliphatic carbocycles. The van der Waals surface area contributed by atoms with Crippen molar-refractivity contribution < 1.29 is 29.7 Å². The molecular formula is C15H26InN5O6. The minimum atomic E-state index is -1.38. The summed E-state index contributed by atoms with van der Waals surface area (Å²) in [5.41, 5.74) is 5.54. The van der Waals surface area contributed by atoms with Crippen LogP contribution in [-0.2, 0) is 14.4 Å². The van der Waals surface area contributed by atoms with Crippen LogP contribution >= 0.6 is 0 Å². The molecule has 1 aliphatic rings. The van der Waals surface area contributed by atoms with E-state index >= 15 is 0 Å². The quantitative estimate of drug-likeness (QED) is 0.353. The molecule has 0 spiro atoms. The van der Waals surface area contributed by atoms with E-state index in [2.05, 4.69) is 5.32 Å². The summed E-state index contributed by atoms with van der Waals surface area (Å²) in [6, 6.07) is -1.19. The molecule has 1 atom stereocenters. The Morgan fingerprint density at radius 3 is 1.59 bits per heavy atom. The van der Waals surface area contributed by atoms with E-state index in [0.29, 0.717) is 52.4 Å². The number of nitrogens with one attached hydrogen (secondary N) is 1. The average Bonchev–Trinajstić information content (AvgIpc) is 2.53. The molecule has 0 aromatic rings. The molecule has 0 unspecified atom stereocenters. The van der Waals surface area contributed by atoms with Gasteiger partial charge in [-0.3, -0.25) is 14.7 Å². The summed E-state index contributed by atoms with van der Waals surface area (Å²) >= 11 is 0. The van der Waals surface area contributed by atoms with Crippen LogP contribution in [0.15, 0.2) is 0 Å². The number of nitrogens with zero attached hydrogens (tertiary/aromatic N) is 3. The Morgan fingerprint density at radius 2 is 1.22 bits per heavy atom. The van der Waals surface area contributed by atoms with Crippen LogP contribution in [0.1, 0.15) is 0 Å². The molecule has 1 rings (SSSR count). The van der Waals surface area contributed by atoms with Gasteiger partial charge >= 0.3 is 25.8 Å². The Morgan fingerprint density at radius 1 is 0.815 bits per heavy atom. The van der Waals surface area contributed by atoms with Crippen LogP contribution in [0.25, 0.3) is 0 Å². The zero-order chi connectivity index (χ0) is 19.5. The number of carbonyl (C=O) groups excluding carboxylic acids is 3. The Kier molecular flexibility index (Phi) is 13.6. The van der Waals surface area contributed by atoms with E-state index in [1.807, 2.05) is 0 Å². The van der Waals surface area contributed by atoms with Crippen molar-refractivity contribution in [2.75, 3.05) is 72.0 Å². The van der Waals surface area contributed by atoms with E-state index in [1.54, 1.807) is 14.7 Å². The number of carboxylic acids is 3. The molecule has 0 aromatic carbocycles. The molecule has 27 heavy (non-hydrogen) atoms. The smallest absolute Gasteiger partial charge is 0.549 e. The Hall–Kier alpha value is -0.920. The normalized spacial score (nSPS) is 19.9. The van der Waals surface area contributed by atoms with Crippen molar-refractivity contribution in [3.63, 3.8) is 0 Å². The van der Waals surface area contributed by atoms with E-state index in [-0.39, 0.29) is 45.5 Å². The van der Waals surface area contributed by atoms with Crippen LogP contribution in [0.3, 0.4) is 0 Å². The maximum Gasteiger partial charge on any atom is 3.00 e. The molecule has 0 radical (unpaired) electrons. The van der Waals surface area contributed by atoms with Crippen LogP contribution in [0.4, 0.5) is 0 Å². The summed E-state index contributed by atoms with van der Waals surface area (Å²) in [6.45, 7) is 3.11. The molecule has 0 bridgehead atoms. The fourth-order valence-electron chi connectivity index (χ4n) is 2.72. The van der Waals surface area contributed by atoms with Crippen molar-refractivity contribution in [3.05, 3.63) is 0 Å². The fourth-order valence-corrected chi connectivity index (χ4v) is 2.72. The zero-order valence-electron chi connectivity index (χ0n) is 15.3. The van der Waals surface area contributed by atoms with Crippen LogP contribution in [0, 0.1) is 0 Å². The van der Waals surface area contributed by atoms with Gasteiger partial charge in [-0.25, -0.2) is 0 Å². The maximum atomic E-state index is 10.9. The van der Waals surface area contributed by atoms with Crippen molar-refractivity contribution in [2.45, 2.75) is 6.04 Å². The second-order valence-corrected chi connectivity index (χ2v) is 6.27. The molecule has 1 saturated heterocycles.